The minimum atomic E-state index is 0.407. The minimum absolute atomic E-state index is 0.407. The van der Waals surface area contributed by atoms with Gasteiger partial charge in [0.1, 0.15) is 12.1 Å². The summed E-state index contributed by atoms with van der Waals surface area (Å²) in [5.41, 5.74) is 5.91. The van der Waals surface area contributed by atoms with Gasteiger partial charge in [0, 0.05) is 18.7 Å². The molecule has 1 heterocycles. The number of rotatable bonds is 6. The van der Waals surface area contributed by atoms with E-state index in [1.807, 2.05) is 6.07 Å². The van der Waals surface area contributed by atoms with Gasteiger partial charge in [-0.1, -0.05) is 6.92 Å². The number of aromatic nitrogens is 2. The Morgan fingerprint density at radius 2 is 2.11 bits per heavy atom. The second-order valence-electron chi connectivity index (χ2n) is 5.25. The number of anilines is 1. The highest BCUT2D eigenvalue weighted by molar-refractivity contribution is 5.37. The SMILES string of the molecule is CCCOc1cc(NCC2CCC(N)CC2)ncn1. The molecule has 0 saturated heterocycles. The van der Waals surface area contributed by atoms with Crippen molar-refractivity contribution in [2.24, 2.45) is 11.7 Å². The van der Waals surface area contributed by atoms with Crippen LogP contribution in [0.5, 0.6) is 5.88 Å². The topological polar surface area (TPSA) is 73.1 Å². The Morgan fingerprint density at radius 3 is 2.84 bits per heavy atom. The third-order valence-corrected chi connectivity index (χ3v) is 3.56. The van der Waals surface area contributed by atoms with E-state index in [1.54, 1.807) is 6.33 Å². The molecule has 1 aliphatic rings. The normalized spacial score (nSPS) is 23.1. The van der Waals surface area contributed by atoms with E-state index in [-0.39, 0.29) is 0 Å². The van der Waals surface area contributed by atoms with Crippen LogP contribution in [0.1, 0.15) is 39.0 Å². The third-order valence-electron chi connectivity index (χ3n) is 3.56. The zero-order valence-electron chi connectivity index (χ0n) is 11.6. The Labute approximate surface area is 115 Å². The van der Waals surface area contributed by atoms with Gasteiger partial charge in [0.15, 0.2) is 0 Å². The lowest BCUT2D eigenvalue weighted by Crippen LogP contribution is -2.29. The van der Waals surface area contributed by atoms with Gasteiger partial charge in [-0.15, -0.1) is 0 Å². The molecule has 0 unspecified atom stereocenters. The molecular formula is C14H24N4O. The molecule has 1 fully saturated rings. The van der Waals surface area contributed by atoms with Crippen LogP contribution in [0.4, 0.5) is 5.82 Å². The van der Waals surface area contributed by atoms with Crippen molar-refractivity contribution in [3.05, 3.63) is 12.4 Å². The van der Waals surface area contributed by atoms with Crippen LogP contribution in [0.15, 0.2) is 12.4 Å². The zero-order valence-corrected chi connectivity index (χ0v) is 11.6. The van der Waals surface area contributed by atoms with E-state index in [4.69, 9.17) is 10.5 Å². The summed E-state index contributed by atoms with van der Waals surface area (Å²) in [4.78, 5) is 8.31. The average molecular weight is 264 g/mol. The van der Waals surface area contributed by atoms with E-state index >= 15 is 0 Å². The molecule has 2 rings (SSSR count). The van der Waals surface area contributed by atoms with Crippen molar-refractivity contribution in [3.63, 3.8) is 0 Å². The van der Waals surface area contributed by atoms with E-state index in [0.717, 1.165) is 31.6 Å². The molecule has 0 spiro atoms. The molecule has 0 atom stereocenters. The number of hydrogen-bond acceptors (Lipinski definition) is 5. The van der Waals surface area contributed by atoms with Gasteiger partial charge in [-0.3, -0.25) is 0 Å². The standard InChI is InChI=1S/C14H24N4O/c1-2-7-19-14-8-13(17-10-18-14)16-9-11-3-5-12(15)6-4-11/h8,10-12H,2-7,9,15H2,1H3,(H,16,17,18). The van der Waals surface area contributed by atoms with Crippen LogP contribution in [0.25, 0.3) is 0 Å². The fourth-order valence-corrected chi connectivity index (χ4v) is 2.36. The second kappa shape index (κ2) is 7.28. The van der Waals surface area contributed by atoms with E-state index in [2.05, 4.69) is 22.2 Å². The van der Waals surface area contributed by atoms with Crippen LogP contribution in [0, 0.1) is 5.92 Å². The molecule has 0 bridgehead atoms. The summed E-state index contributed by atoms with van der Waals surface area (Å²) >= 11 is 0. The maximum Gasteiger partial charge on any atom is 0.218 e. The summed E-state index contributed by atoms with van der Waals surface area (Å²) in [7, 11) is 0. The van der Waals surface area contributed by atoms with Gasteiger partial charge >= 0.3 is 0 Å². The van der Waals surface area contributed by atoms with Gasteiger partial charge in [-0.05, 0) is 38.0 Å². The zero-order chi connectivity index (χ0) is 13.5. The van der Waals surface area contributed by atoms with Crippen LogP contribution < -0.4 is 15.8 Å². The highest BCUT2D eigenvalue weighted by Crippen LogP contribution is 2.23. The van der Waals surface area contributed by atoms with E-state index < -0.39 is 0 Å². The van der Waals surface area contributed by atoms with Crippen LogP contribution in [0.3, 0.4) is 0 Å². The summed E-state index contributed by atoms with van der Waals surface area (Å²) < 4.78 is 5.49. The van der Waals surface area contributed by atoms with Crippen molar-refractivity contribution < 1.29 is 4.74 Å². The molecule has 1 aliphatic carbocycles. The van der Waals surface area contributed by atoms with Gasteiger partial charge in [0.05, 0.1) is 6.61 Å². The second-order valence-corrected chi connectivity index (χ2v) is 5.25. The smallest absolute Gasteiger partial charge is 0.218 e. The Bertz CT molecular complexity index is 377. The minimum Gasteiger partial charge on any atom is -0.478 e. The van der Waals surface area contributed by atoms with Crippen LogP contribution in [-0.4, -0.2) is 29.2 Å². The molecule has 1 aromatic rings. The Morgan fingerprint density at radius 1 is 1.32 bits per heavy atom. The first-order valence-electron chi connectivity index (χ1n) is 7.22. The maximum absolute atomic E-state index is 5.91. The predicted octanol–water partition coefficient (Wildman–Crippen LogP) is 2.19. The van der Waals surface area contributed by atoms with Crippen molar-refractivity contribution in [1.82, 2.24) is 9.97 Å². The summed E-state index contributed by atoms with van der Waals surface area (Å²) in [5, 5.41) is 3.37. The van der Waals surface area contributed by atoms with E-state index in [0.29, 0.717) is 24.4 Å². The maximum atomic E-state index is 5.91. The van der Waals surface area contributed by atoms with Crippen molar-refractivity contribution in [3.8, 4) is 5.88 Å². The molecular weight excluding hydrogens is 240 g/mol. The van der Waals surface area contributed by atoms with Crippen molar-refractivity contribution in [1.29, 1.82) is 0 Å². The lowest BCUT2D eigenvalue weighted by atomic mass is 9.86. The first-order valence-corrected chi connectivity index (χ1v) is 7.22. The summed E-state index contributed by atoms with van der Waals surface area (Å²) in [5.74, 6) is 2.19. The van der Waals surface area contributed by atoms with Gasteiger partial charge in [-0.25, -0.2) is 9.97 Å². The van der Waals surface area contributed by atoms with Crippen molar-refractivity contribution in [2.75, 3.05) is 18.5 Å². The first kappa shape index (κ1) is 14.1. The molecule has 5 heteroatoms. The van der Waals surface area contributed by atoms with E-state index in [1.165, 1.54) is 12.8 Å². The average Bonchev–Trinajstić information content (AvgIpc) is 2.45. The number of nitrogens with zero attached hydrogens (tertiary/aromatic N) is 2. The van der Waals surface area contributed by atoms with Gasteiger partial charge in [0.2, 0.25) is 5.88 Å². The fourth-order valence-electron chi connectivity index (χ4n) is 2.36. The summed E-state index contributed by atoms with van der Waals surface area (Å²) in [6, 6.07) is 2.27. The molecule has 1 aromatic heterocycles. The van der Waals surface area contributed by atoms with E-state index in [9.17, 15) is 0 Å². The highest BCUT2D eigenvalue weighted by Gasteiger charge is 2.18. The molecule has 3 N–H and O–H groups in total. The first-order chi connectivity index (χ1) is 9.28. The van der Waals surface area contributed by atoms with Crippen LogP contribution in [0.2, 0.25) is 0 Å². The fraction of sp³-hybridized carbons (Fsp3) is 0.714. The van der Waals surface area contributed by atoms with Gasteiger partial charge in [0.25, 0.3) is 0 Å². The molecule has 19 heavy (non-hydrogen) atoms. The highest BCUT2D eigenvalue weighted by atomic mass is 16.5. The molecule has 1 saturated carbocycles. The molecule has 0 amide bonds. The van der Waals surface area contributed by atoms with Gasteiger partial charge in [-0.2, -0.15) is 0 Å². The number of nitrogens with two attached hydrogens (primary N) is 1. The summed E-state index contributed by atoms with van der Waals surface area (Å²) in [6.45, 7) is 3.72. The lowest BCUT2D eigenvalue weighted by Gasteiger charge is -2.26. The summed E-state index contributed by atoms with van der Waals surface area (Å²) in [6.07, 6.45) is 7.22. The molecule has 5 nitrogen and oxygen atoms in total. The third kappa shape index (κ3) is 4.67. The predicted molar refractivity (Wildman–Crippen MR) is 76.2 cm³/mol. The number of hydrogen-bond donors (Lipinski definition) is 2. The Balaban J connectivity index is 1.78. The number of ether oxygens (including phenoxy) is 1. The quantitative estimate of drug-likeness (QED) is 0.824. The van der Waals surface area contributed by atoms with Crippen LogP contribution >= 0.6 is 0 Å². The number of nitrogens with one attached hydrogen (secondary N) is 1. The Kier molecular flexibility index (Phi) is 5.39. The Hall–Kier alpha value is -1.36. The molecule has 0 aliphatic heterocycles. The van der Waals surface area contributed by atoms with Crippen molar-refractivity contribution >= 4 is 5.82 Å². The molecule has 0 aromatic carbocycles. The van der Waals surface area contributed by atoms with Crippen LogP contribution in [-0.2, 0) is 0 Å². The lowest BCUT2D eigenvalue weighted by molar-refractivity contribution is 0.304. The largest absolute Gasteiger partial charge is 0.478 e. The van der Waals surface area contributed by atoms with Gasteiger partial charge < -0.3 is 15.8 Å². The monoisotopic (exact) mass is 264 g/mol. The van der Waals surface area contributed by atoms with Crippen molar-refractivity contribution in [2.45, 2.75) is 45.1 Å². The molecule has 106 valence electrons. The molecule has 0 radical (unpaired) electrons.